The summed E-state index contributed by atoms with van der Waals surface area (Å²) < 4.78 is 1.14. The zero-order valence-electron chi connectivity index (χ0n) is 58.8. The highest BCUT2D eigenvalue weighted by atomic mass is 79.9. The Kier molecular flexibility index (Phi) is 15.3. The van der Waals surface area contributed by atoms with Crippen LogP contribution < -0.4 is 48.0 Å². The molecule has 0 saturated carbocycles. The Labute approximate surface area is 638 Å². The van der Waals surface area contributed by atoms with Gasteiger partial charge in [-0.3, -0.25) is 0 Å². The molecule has 4 aliphatic heterocycles. The molecule has 16 aromatic carbocycles. The van der Waals surface area contributed by atoms with Gasteiger partial charge in [0.1, 0.15) is 0 Å². The number of hydrogen-bond donors (Lipinski definition) is 2. The summed E-state index contributed by atoms with van der Waals surface area (Å²) in [5, 5.41) is 18.5. The van der Waals surface area contributed by atoms with E-state index in [1.165, 1.54) is 133 Å². The van der Waals surface area contributed by atoms with Crippen LogP contribution in [0, 0.1) is 0 Å². The summed E-state index contributed by atoms with van der Waals surface area (Å²) in [6.07, 6.45) is 0. The topological polar surface area (TPSA) is 46.9 Å². The number of halogens is 1. The summed E-state index contributed by atoms with van der Waals surface area (Å²) in [4.78, 5) is 4.44. The van der Waals surface area contributed by atoms with Crippen LogP contribution in [0.3, 0.4) is 0 Å². The van der Waals surface area contributed by atoms with Crippen LogP contribution in [-0.2, 0) is 10.8 Å². The molecule has 2 spiro atoms. The molecule has 0 unspecified atom stereocenters. The van der Waals surface area contributed by atoms with Gasteiger partial charge in [-0.05, 0) is 184 Å². The van der Waals surface area contributed by atoms with E-state index < -0.39 is 7.12 Å². The number of hydrogen-bond acceptors (Lipinski definition) is 4. The number of para-hydroxylation sites is 4. The van der Waals surface area contributed by atoms with Gasteiger partial charge in [-0.25, -0.2) is 0 Å². The van der Waals surface area contributed by atoms with Crippen molar-refractivity contribution in [3.8, 4) is 55.6 Å². The largest absolute Gasteiger partial charge is 1.00 e. The quantitative estimate of drug-likeness (QED) is 0.149. The summed E-state index contributed by atoms with van der Waals surface area (Å²) >= 11 is 3.75. The second kappa shape index (κ2) is 25.5. The lowest BCUT2D eigenvalue weighted by atomic mass is 9.32. The SMILES string of the molecule is Brc1ccc2c(c1)B1c3ccccc3C3(c4ccccc4-c4ccccc43)c3cccc-2c31.OB(O)c1ccc(N(c2ccccc2)c2ccccc2)cc1.[2HH].[H-].[HH].[HH].[HH].[HH].[HH].c1ccc(N(c2ccccc2)c2ccc(-c3ccc4c(c3)B3c5ccccc5C5(c6ccccc6-c6ccccc65)c5cccc-4c53)cc2)cc1. The Balaban J connectivity index is 0.000000156. The average Bonchev–Trinajstić information content (AvgIpc) is 1.52. The number of nitrogens with zero attached hydrogens (tertiary/aromatic N) is 2. The van der Waals surface area contributed by atoms with Crippen molar-refractivity contribution in [1.82, 2.24) is 0 Å². The van der Waals surface area contributed by atoms with Crippen molar-refractivity contribution < 1.29 is 20.0 Å². The highest BCUT2D eigenvalue weighted by Gasteiger charge is 2.56. The predicted molar refractivity (Wildman–Crippen MR) is 460 cm³/mol. The minimum Gasteiger partial charge on any atom is -1.00 e. The van der Waals surface area contributed by atoms with Crippen LogP contribution in [-0.4, -0.2) is 30.6 Å². The minimum absolute atomic E-state index is 0. The van der Waals surface area contributed by atoms with Crippen LogP contribution in [0.5, 0.6) is 0 Å². The number of fused-ring (bicyclic) bond motifs is 24. The molecule has 0 aromatic heterocycles. The molecule has 4 nitrogen and oxygen atoms in total. The van der Waals surface area contributed by atoms with E-state index in [1.54, 1.807) is 12.1 Å². The number of rotatable bonds is 8. The van der Waals surface area contributed by atoms with E-state index in [1.807, 2.05) is 72.8 Å². The van der Waals surface area contributed by atoms with Crippen molar-refractivity contribution in [3.05, 3.63) is 437 Å². The molecule has 8 heteroatoms. The standard InChI is InChI=1S/C49H32BN.C31H18BBr.C18H16BNO2.6H2.H/c1-3-14-35(15-4-1)51(36-16-5-2-6-17-36)37-29-26-33(27-30-37)34-28-31-40-41-20-13-24-45-48(41)50(47(40)32-34)46-25-12-11-23-44(46)49(45)42-21-9-7-18-38(42)39-19-8-10-22-43(39)49;33-19-16-17-22-23-10-7-14-27-30(23)32(29(22)18-19)28-15-6-5-13-26(28)31(27)24-11-3-1-8-20(24)21-9-2-4-12-25(21)31;21-19(22)15-11-13-18(14-12-15)20(16-7-3-1-4-8-16)17-9-5-2-6-10-17;;;;;;;/h1-32H;1-18H;1-14,21-22H;6*1H;/q;;;;;;;;;-1/i;;;1+1;;;;;;. The van der Waals surface area contributed by atoms with Crippen LogP contribution in [0.4, 0.5) is 34.1 Å². The van der Waals surface area contributed by atoms with Gasteiger partial charge >= 0.3 is 7.12 Å². The fourth-order valence-corrected chi connectivity index (χ4v) is 19.4. The van der Waals surface area contributed by atoms with Crippen LogP contribution in [0.15, 0.2) is 393 Å². The fraction of sp³-hybridized carbons (Fsp3) is 0.0204. The molecule has 0 atom stereocenters. The molecular weight excluding hydrogens is 1350 g/mol. The van der Waals surface area contributed by atoms with Crippen molar-refractivity contribution in [1.29, 1.82) is 0 Å². The van der Waals surface area contributed by atoms with Gasteiger partial charge in [-0.15, -0.1) is 0 Å². The normalized spacial score (nSPS) is 13.3. The lowest BCUT2D eigenvalue weighted by molar-refractivity contribution is 0.426. The molecule has 0 fully saturated rings. The highest BCUT2D eigenvalue weighted by molar-refractivity contribution is 9.10. The third-order valence-electron chi connectivity index (χ3n) is 23.1. The van der Waals surface area contributed by atoms with E-state index in [0.717, 1.165) is 38.6 Å². The van der Waals surface area contributed by atoms with E-state index in [9.17, 15) is 10.0 Å². The first kappa shape index (κ1) is 63.4. The number of anilines is 6. The monoisotopic (exact) mass is 1430 g/mol. The zero-order chi connectivity index (χ0) is 70.6. The summed E-state index contributed by atoms with van der Waals surface area (Å²) in [6.45, 7) is 0.448. The summed E-state index contributed by atoms with van der Waals surface area (Å²) in [6, 6.07) is 140. The Bertz CT molecular complexity index is 5980. The van der Waals surface area contributed by atoms with Gasteiger partial charge in [0.2, 0.25) is 13.4 Å². The smallest absolute Gasteiger partial charge is 0.488 e. The van der Waals surface area contributed by atoms with Crippen molar-refractivity contribution in [3.63, 3.8) is 0 Å². The number of benzene rings is 16. The first-order chi connectivity index (χ1) is 52.4. The van der Waals surface area contributed by atoms with E-state index in [-0.39, 0.29) is 34.2 Å². The lowest BCUT2D eigenvalue weighted by Crippen LogP contribution is -2.59. The van der Waals surface area contributed by atoms with Gasteiger partial charge in [0.15, 0.2) is 0 Å². The highest BCUT2D eigenvalue weighted by Crippen LogP contribution is 2.59. The Morgan fingerprint density at radius 3 is 0.962 bits per heavy atom. The molecule has 0 amide bonds. The van der Waals surface area contributed by atoms with Gasteiger partial charge in [-0.2, -0.15) is 0 Å². The molecule has 6 aliphatic rings. The molecule has 16 aromatic rings. The molecule has 510 valence electrons. The molecule has 0 radical (unpaired) electrons. The second-order valence-electron chi connectivity index (χ2n) is 28.3. The van der Waals surface area contributed by atoms with Gasteiger partial charge in [0.05, 0.1) is 10.8 Å². The van der Waals surface area contributed by atoms with Crippen molar-refractivity contribution in [2.45, 2.75) is 10.8 Å². The third kappa shape index (κ3) is 9.65. The predicted octanol–water partition coefficient (Wildman–Crippen LogP) is 20.0. The van der Waals surface area contributed by atoms with Crippen LogP contribution in [0.25, 0.3) is 55.6 Å². The van der Waals surface area contributed by atoms with E-state index in [2.05, 4.69) is 329 Å². The zero-order valence-corrected chi connectivity index (χ0v) is 59.4. The van der Waals surface area contributed by atoms with E-state index >= 15 is 0 Å². The molecular formula is C98H79B3BrN2O2-. The maximum absolute atomic E-state index is 9.23. The van der Waals surface area contributed by atoms with Crippen LogP contribution in [0.1, 0.15) is 54.5 Å². The molecule has 0 saturated heterocycles. The average molecular weight is 1430 g/mol. The molecule has 106 heavy (non-hydrogen) atoms. The molecule has 2 N–H and O–H groups in total. The Morgan fingerprint density at radius 1 is 0.264 bits per heavy atom. The summed E-state index contributed by atoms with van der Waals surface area (Å²) in [5.41, 5.74) is 39.5. The first-order valence-corrected chi connectivity index (χ1v) is 37.3. The van der Waals surface area contributed by atoms with Crippen LogP contribution >= 0.6 is 15.9 Å². The van der Waals surface area contributed by atoms with E-state index in [0.29, 0.717) is 5.46 Å². The molecule has 0 bridgehead atoms. The fourth-order valence-electron chi connectivity index (χ4n) is 19.0. The van der Waals surface area contributed by atoms with Crippen molar-refractivity contribution in [2.75, 3.05) is 9.80 Å². The van der Waals surface area contributed by atoms with Crippen molar-refractivity contribution >= 4 is 109 Å². The molecule has 4 heterocycles. The van der Waals surface area contributed by atoms with Gasteiger partial charge in [0.25, 0.3) is 0 Å². The Morgan fingerprint density at radius 2 is 0.566 bits per heavy atom. The lowest BCUT2D eigenvalue weighted by Gasteiger charge is -2.42. The first-order valence-electron chi connectivity index (χ1n) is 36.5. The van der Waals surface area contributed by atoms with Gasteiger partial charge in [0, 0.05) is 47.2 Å². The Hall–Kier alpha value is -12.3. The van der Waals surface area contributed by atoms with Gasteiger partial charge < -0.3 is 21.3 Å². The maximum Gasteiger partial charge on any atom is 0.488 e. The second-order valence-corrected chi connectivity index (χ2v) is 29.2. The van der Waals surface area contributed by atoms with E-state index in [4.69, 9.17) is 0 Å². The minimum atomic E-state index is -1.45. The van der Waals surface area contributed by atoms with Crippen molar-refractivity contribution in [2.24, 2.45) is 0 Å². The summed E-state index contributed by atoms with van der Waals surface area (Å²) in [7, 11) is -1.45. The van der Waals surface area contributed by atoms with Crippen LogP contribution in [0.2, 0.25) is 0 Å². The maximum atomic E-state index is 9.23. The molecule has 2 aliphatic carbocycles. The molecule has 22 rings (SSSR count). The summed E-state index contributed by atoms with van der Waals surface area (Å²) in [5.74, 6) is 0. The third-order valence-corrected chi connectivity index (χ3v) is 23.6. The van der Waals surface area contributed by atoms with Gasteiger partial charge in [-0.1, -0.05) is 358 Å².